The molecule has 0 aliphatic heterocycles. The van der Waals surface area contributed by atoms with Gasteiger partial charge < -0.3 is 9.88 Å². The summed E-state index contributed by atoms with van der Waals surface area (Å²) >= 11 is 0. The highest BCUT2D eigenvalue weighted by molar-refractivity contribution is 5.84. The summed E-state index contributed by atoms with van der Waals surface area (Å²) in [5.74, 6) is 0.915. The van der Waals surface area contributed by atoms with Crippen LogP contribution in [0.4, 0.5) is 0 Å². The van der Waals surface area contributed by atoms with Crippen LogP contribution in [-0.2, 0) is 13.0 Å². The Hall–Kier alpha value is -1.28. The van der Waals surface area contributed by atoms with E-state index in [1.54, 1.807) is 0 Å². The Bertz CT molecular complexity index is 523. The molecule has 0 amide bonds. The first kappa shape index (κ1) is 11.8. The molecular formula is C16H22N2. The molecule has 1 aromatic carbocycles. The van der Waals surface area contributed by atoms with E-state index in [-0.39, 0.29) is 0 Å². The highest BCUT2D eigenvalue weighted by atomic mass is 15.0. The first-order valence-corrected chi connectivity index (χ1v) is 7.10. The third-order valence-electron chi connectivity index (χ3n) is 4.20. The Morgan fingerprint density at radius 1 is 1.28 bits per heavy atom. The highest BCUT2D eigenvalue weighted by Crippen LogP contribution is 2.30. The highest BCUT2D eigenvalue weighted by Gasteiger charge is 2.19. The van der Waals surface area contributed by atoms with E-state index in [2.05, 4.69) is 40.3 Å². The smallest absolute Gasteiger partial charge is 0.0483 e. The lowest BCUT2D eigenvalue weighted by Gasteiger charge is -2.26. The van der Waals surface area contributed by atoms with Gasteiger partial charge in [0.1, 0.15) is 0 Å². The lowest BCUT2D eigenvalue weighted by atomic mass is 9.85. The number of fused-ring (bicyclic) bond motifs is 1. The second kappa shape index (κ2) is 5.15. The van der Waals surface area contributed by atoms with Gasteiger partial charge in [0.2, 0.25) is 0 Å². The van der Waals surface area contributed by atoms with Crippen LogP contribution in [0.3, 0.4) is 0 Å². The largest absolute Gasteiger partial charge is 0.347 e. The molecule has 96 valence electrons. The van der Waals surface area contributed by atoms with E-state index < -0.39 is 0 Å². The molecule has 0 bridgehead atoms. The molecule has 3 rings (SSSR count). The fourth-order valence-corrected chi connectivity index (χ4v) is 2.89. The average molecular weight is 242 g/mol. The fraction of sp³-hybridized carbons (Fsp3) is 0.500. The van der Waals surface area contributed by atoms with Crippen molar-refractivity contribution in [2.75, 3.05) is 13.6 Å². The van der Waals surface area contributed by atoms with E-state index in [1.807, 2.05) is 7.05 Å². The van der Waals surface area contributed by atoms with Gasteiger partial charge in [-0.1, -0.05) is 24.6 Å². The molecule has 2 aromatic rings. The van der Waals surface area contributed by atoms with Crippen LogP contribution in [0.5, 0.6) is 0 Å². The number of hydrogen-bond donors (Lipinski definition) is 1. The van der Waals surface area contributed by atoms with Gasteiger partial charge in [-0.2, -0.15) is 0 Å². The number of hydrogen-bond acceptors (Lipinski definition) is 1. The van der Waals surface area contributed by atoms with Crippen molar-refractivity contribution >= 4 is 10.9 Å². The van der Waals surface area contributed by atoms with Crippen LogP contribution >= 0.6 is 0 Å². The molecule has 1 aromatic heterocycles. The summed E-state index contributed by atoms with van der Waals surface area (Å²) in [4.78, 5) is 0. The molecule has 1 N–H and O–H groups in total. The molecule has 1 fully saturated rings. The number of likely N-dealkylation sites (N-methyl/N-ethyl adjacent to an activating group) is 1. The molecule has 0 unspecified atom stereocenters. The van der Waals surface area contributed by atoms with E-state index in [0.717, 1.165) is 18.9 Å². The molecule has 18 heavy (non-hydrogen) atoms. The third-order valence-corrected chi connectivity index (χ3v) is 4.20. The molecule has 0 saturated heterocycles. The van der Waals surface area contributed by atoms with Crippen LogP contribution < -0.4 is 5.32 Å². The molecule has 1 saturated carbocycles. The zero-order valence-corrected chi connectivity index (χ0v) is 11.2. The van der Waals surface area contributed by atoms with E-state index in [9.17, 15) is 0 Å². The molecule has 1 heterocycles. The maximum Gasteiger partial charge on any atom is 0.0483 e. The van der Waals surface area contributed by atoms with E-state index in [1.165, 1.54) is 42.3 Å². The minimum atomic E-state index is 0.915. The van der Waals surface area contributed by atoms with Crippen LogP contribution in [0.1, 0.15) is 24.8 Å². The molecule has 2 heteroatoms. The zero-order chi connectivity index (χ0) is 12.4. The Labute approximate surface area is 109 Å². The van der Waals surface area contributed by atoms with Crippen molar-refractivity contribution in [3.8, 4) is 0 Å². The van der Waals surface area contributed by atoms with Crippen molar-refractivity contribution in [3.05, 3.63) is 36.0 Å². The Morgan fingerprint density at radius 3 is 2.83 bits per heavy atom. The second-order valence-corrected chi connectivity index (χ2v) is 5.47. The molecule has 0 atom stereocenters. The summed E-state index contributed by atoms with van der Waals surface area (Å²) < 4.78 is 2.48. The Balaban J connectivity index is 1.91. The summed E-state index contributed by atoms with van der Waals surface area (Å²) in [6, 6.07) is 8.83. The van der Waals surface area contributed by atoms with Crippen LogP contribution in [0.15, 0.2) is 30.5 Å². The first-order chi connectivity index (χ1) is 8.88. The normalized spacial score (nSPS) is 16.1. The third kappa shape index (κ3) is 2.17. The average Bonchev–Trinajstić information content (AvgIpc) is 2.70. The van der Waals surface area contributed by atoms with Gasteiger partial charge in [0.05, 0.1) is 0 Å². The Kier molecular flexibility index (Phi) is 3.37. The summed E-state index contributed by atoms with van der Waals surface area (Å²) in [5, 5.41) is 4.68. The number of benzene rings is 1. The minimum absolute atomic E-state index is 0.915. The van der Waals surface area contributed by atoms with E-state index in [0.29, 0.717) is 0 Å². The first-order valence-electron chi connectivity index (χ1n) is 7.10. The van der Waals surface area contributed by atoms with Crippen molar-refractivity contribution in [2.45, 2.75) is 32.2 Å². The zero-order valence-electron chi connectivity index (χ0n) is 11.2. The van der Waals surface area contributed by atoms with Gasteiger partial charge in [0.25, 0.3) is 0 Å². The van der Waals surface area contributed by atoms with Crippen molar-refractivity contribution in [3.63, 3.8) is 0 Å². The molecule has 2 nitrogen and oxygen atoms in total. The monoisotopic (exact) mass is 242 g/mol. The van der Waals surface area contributed by atoms with Gasteiger partial charge in [-0.15, -0.1) is 0 Å². The van der Waals surface area contributed by atoms with Gasteiger partial charge in [-0.05, 0) is 50.4 Å². The maximum atomic E-state index is 3.24. The van der Waals surface area contributed by atoms with Crippen LogP contribution in [0, 0.1) is 5.92 Å². The number of aromatic nitrogens is 1. The maximum absolute atomic E-state index is 3.24. The van der Waals surface area contributed by atoms with Crippen LogP contribution in [0.2, 0.25) is 0 Å². The van der Waals surface area contributed by atoms with E-state index in [4.69, 9.17) is 0 Å². The van der Waals surface area contributed by atoms with Gasteiger partial charge in [-0.3, -0.25) is 0 Å². The summed E-state index contributed by atoms with van der Waals surface area (Å²) in [6.45, 7) is 2.26. The number of para-hydroxylation sites is 1. The van der Waals surface area contributed by atoms with Crippen LogP contribution in [0.25, 0.3) is 10.9 Å². The number of nitrogens with zero attached hydrogens (tertiary/aromatic N) is 1. The lowest BCUT2D eigenvalue weighted by Crippen LogP contribution is -2.17. The summed E-state index contributed by atoms with van der Waals surface area (Å²) in [5.41, 5.74) is 2.90. The molecule has 0 spiro atoms. The standard InChI is InChI=1S/C16H22N2/c1-17-10-9-14-12-18(11-13-5-4-6-13)16-8-3-2-7-15(14)16/h2-3,7-8,12-13,17H,4-6,9-11H2,1H3. The minimum Gasteiger partial charge on any atom is -0.347 e. The van der Waals surface area contributed by atoms with Gasteiger partial charge in [0, 0.05) is 23.6 Å². The molecule has 1 aliphatic carbocycles. The SMILES string of the molecule is CNCCc1cn(CC2CCC2)c2ccccc12. The summed E-state index contributed by atoms with van der Waals surface area (Å²) in [7, 11) is 2.02. The van der Waals surface area contributed by atoms with Gasteiger partial charge in [-0.25, -0.2) is 0 Å². The summed E-state index contributed by atoms with van der Waals surface area (Å²) in [6.07, 6.45) is 7.75. The van der Waals surface area contributed by atoms with Crippen LogP contribution in [-0.4, -0.2) is 18.2 Å². The predicted octanol–water partition coefficient (Wildman–Crippen LogP) is 3.20. The molecule has 0 radical (unpaired) electrons. The molecule has 1 aliphatic rings. The number of rotatable bonds is 5. The van der Waals surface area contributed by atoms with Crippen molar-refractivity contribution < 1.29 is 0 Å². The van der Waals surface area contributed by atoms with Crippen molar-refractivity contribution in [1.82, 2.24) is 9.88 Å². The quantitative estimate of drug-likeness (QED) is 0.852. The fourth-order valence-electron chi connectivity index (χ4n) is 2.89. The predicted molar refractivity (Wildman–Crippen MR) is 76.9 cm³/mol. The van der Waals surface area contributed by atoms with Crippen molar-refractivity contribution in [2.24, 2.45) is 5.92 Å². The van der Waals surface area contributed by atoms with Gasteiger partial charge >= 0.3 is 0 Å². The second-order valence-electron chi connectivity index (χ2n) is 5.47. The molecular weight excluding hydrogens is 220 g/mol. The lowest BCUT2D eigenvalue weighted by molar-refractivity contribution is 0.279. The van der Waals surface area contributed by atoms with E-state index >= 15 is 0 Å². The topological polar surface area (TPSA) is 17.0 Å². The Morgan fingerprint density at radius 2 is 2.11 bits per heavy atom. The van der Waals surface area contributed by atoms with Crippen molar-refractivity contribution in [1.29, 1.82) is 0 Å². The number of nitrogens with one attached hydrogen (secondary N) is 1. The van der Waals surface area contributed by atoms with Gasteiger partial charge in [0.15, 0.2) is 0 Å².